The molecule has 108 valence electrons. The second-order valence-electron chi connectivity index (χ2n) is 5.01. The molecule has 6 nitrogen and oxygen atoms in total. The van der Waals surface area contributed by atoms with Gasteiger partial charge in [0.05, 0.1) is 4.92 Å². The van der Waals surface area contributed by atoms with Gasteiger partial charge in [0.2, 0.25) is 0 Å². The Labute approximate surface area is 117 Å². The molecule has 0 amide bonds. The zero-order valence-electron chi connectivity index (χ0n) is 11.4. The molecule has 1 aromatic rings. The van der Waals surface area contributed by atoms with Crippen molar-refractivity contribution in [2.75, 3.05) is 11.4 Å². The molecular weight excluding hydrogens is 260 g/mol. The first-order chi connectivity index (χ1) is 9.56. The van der Waals surface area contributed by atoms with Gasteiger partial charge in [-0.3, -0.25) is 10.1 Å². The summed E-state index contributed by atoms with van der Waals surface area (Å²) in [5.74, 6) is -1.26. The molecule has 1 aliphatic rings. The van der Waals surface area contributed by atoms with E-state index in [1.807, 2.05) is 4.90 Å². The van der Waals surface area contributed by atoms with Crippen molar-refractivity contribution in [3.63, 3.8) is 0 Å². The molecule has 1 fully saturated rings. The minimum Gasteiger partial charge on any atom is -0.477 e. The summed E-state index contributed by atoms with van der Waals surface area (Å²) in [6, 6.07) is 4.82. The van der Waals surface area contributed by atoms with Crippen LogP contribution in [0.5, 0.6) is 0 Å². The molecule has 0 radical (unpaired) electrons. The van der Waals surface area contributed by atoms with Gasteiger partial charge in [-0.1, -0.05) is 19.4 Å². The highest BCUT2D eigenvalue weighted by molar-refractivity contribution is 5.95. The lowest BCUT2D eigenvalue weighted by molar-refractivity contribution is -0.384. The highest BCUT2D eigenvalue weighted by Crippen LogP contribution is 2.38. The number of rotatable bonds is 7. The minimum absolute atomic E-state index is 0.241. The summed E-state index contributed by atoms with van der Waals surface area (Å²) in [5, 5.41) is 20.4. The van der Waals surface area contributed by atoms with Crippen molar-refractivity contribution in [3.05, 3.63) is 33.9 Å². The van der Waals surface area contributed by atoms with Crippen molar-refractivity contribution in [2.45, 2.75) is 38.6 Å². The molecule has 0 spiro atoms. The molecule has 0 aliphatic heterocycles. The quantitative estimate of drug-likeness (QED) is 0.612. The van der Waals surface area contributed by atoms with Gasteiger partial charge in [-0.05, 0) is 31.4 Å². The molecule has 0 saturated heterocycles. The van der Waals surface area contributed by atoms with Crippen LogP contribution in [0.15, 0.2) is 18.2 Å². The Bertz CT molecular complexity index is 526. The predicted molar refractivity (Wildman–Crippen MR) is 75.3 cm³/mol. The molecule has 0 bridgehead atoms. The number of unbranched alkanes of at least 4 members (excludes halogenated alkanes) is 1. The summed E-state index contributed by atoms with van der Waals surface area (Å²) in [4.78, 5) is 23.9. The molecule has 1 aromatic carbocycles. The Hall–Kier alpha value is -2.11. The van der Waals surface area contributed by atoms with E-state index in [0.717, 1.165) is 32.2 Å². The fourth-order valence-electron chi connectivity index (χ4n) is 2.34. The lowest BCUT2D eigenvalue weighted by Crippen LogP contribution is -2.28. The number of carbonyl (C=O) groups is 1. The molecule has 0 unspecified atom stereocenters. The second-order valence-corrected chi connectivity index (χ2v) is 5.01. The number of nitrogens with zero attached hydrogens (tertiary/aromatic N) is 2. The second kappa shape index (κ2) is 5.90. The Morgan fingerprint density at radius 3 is 2.70 bits per heavy atom. The topological polar surface area (TPSA) is 83.7 Å². The van der Waals surface area contributed by atoms with Crippen LogP contribution in [-0.4, -0.2) is 28.6 Å². The summed E-state index contributed by atoms with van der Waals surface area (Å²) in [6.45, 7) is 2.79. The number of nitro groups is 1. The minimum atomic E-state index is -1.26. The van der Waals surface area contributed by atoms with Gasteiger partial charge in [-0.15, -0.1) is 0 Å². The number of carboxylic acids is 1. The highest BCUT2D eigenvalue weighted by Gasteiger charge is 2.34. The average molecular weight is 278 g/mol. The van der Waals surface area contributed by atoms with E-state index in [4.69, 9.17) is 5.11 Å². The van der Waals surface area contributed by atoms with Gasteiger partial charge in [0.15, 0.2) is 0 Å². The number of hydrogen-bond acceptors (Lipinski definition) is 4. The lowest BCUT2D eigenvalue weighted by Gasteiger charge is -2.24. The third-order valence-electron chi connectivity index (χ3n) is 3.48. The zero-order chi connectivity index (χ0) is 14.7. The Kier molecular flexibility index (Phi) is 4.22. The van der Waals surface area contributed by atoms with E-state index in [2.05, 4.69) is 6.92 Å². The van der Waals surface area contributed by atoms with Crippen LogP contribution in [0, 0.1) is 10.1 Å². The third-order valence-corrected chi connectivity index (χ3v) is 3.48. The largest absolute Gasteiger partial charge is 0.477 e. The molecule has 0 aromatic heterocycles. The van der Waals surface area contributed by atoms with E-state index in [0.29, 0.717) is 11.7 Å². The molecule has 1 N–H and O–H groups in total. The number of carboxylic acid groups (broad SMARTS) is 1. The van der Waals surface area contributed by atoms with Gasteiger partial charge in [-0.2, -0.15) is 0 Å². The van der Waals surface area contributed by atoms with Crippen molar-refractivity contribution < 1.29 is 14.8 Å². The average Bonchev–Trinajstić information content (AvgIpc) is 3.23. The first-order valence-electron chi connectivity index (χ1n) is 6.83. The zero-order valence-corrected chi connectivity index (χ0v) is 11.4. The van der Waals surface area contributed by atoms with E-state index < -0.39 is 10.9 Å². The number of para-hydroxylation sites is 1. The monoisotopic (exact) mass is 278 g/mol. The van der Waals surface area contributed by atoms with E-state index in [-0.39, 0.29) is 11.3 Å². The van der Waals surface area contributed by atoms with Crippen molar-refractivity contribution in [3.8, 4) is 0 Å². The molecule has 2 rings (SSSR count). The molecule has 1 aliphatic carbocycles. The summed E-state index contributed by atoms with van der Waals surface area (Å²) in [5.41, 5.74) is -0.0940. The number of benzene rings is 1. The molecule has 20 heavy (non-hydrogen) atoms. The Morgan fingerprint density at radius 2 is 2.20 bits per heavy atom. The first kappa shape index (κ1) is 14.3. The molecule has 1 saturated carbocycles. The molecule has 0 atom stereocenters. The van der Waals surface area contributed by atoms with Crippen molar-refractivity contribution in [1.82, 2.24) is 0 Å². The fourth-order valence-corrected chi connectivity index (χ4v) is 2.34. The summed E-state index contributed by atoms with van der Waals surface area (Å²) < 4.78 is 0. The summed E-state index contributed by atoms with van der Waals surface area (Å²) >= 11 is 0. The molecular formula is C14H18N2O4. The number of anilines is 1. The van der Waals surface area contributed by atoms with E-state index in [1.54, 1.807) is 12.1 Å². The fraction of sp³-hybridized carbons (Fsp3) is 0.500. The van der Waals surface area contributed by atoms with Crippen molar-refractivity contribution in [1.29, 1.82) is 0 Å². The maximum Gasteiger partial charge on any atom is 0.342 e. The van der Waals surface area contributed by atoms with Gasteiger partial charge in [-0.25, -0.2) is 4.79 Å². The number of hydrogen-bond donors (Lipinski definition) is 1. The van der Waals surface area contributed by atoms with E-state index in [1.165, 1.54) is 6.07 Å². The maximum atomic E-state index is 11.3. The van der Waals surface area contributed by atoms with Crippen LogP contribution >= 0.6 is 0 Å². The van der Waals surface area contributed by atoms with Gasteiger partial charge >= 0.3 is 11.7 Å². The van der Waals surface area contributed by atoms with Gasteiger partial charge in [0.25, 0.3) is 0 Å². The number of aromatic carboxylic acids is 1. The van der Waals surface area contributed by atoms with Crippen LogP contribution in [0.2, 0.25) is 0 Å². The Morgan fingerprint density at radius 1 is 1.50 bits per heavy atom. The molecule has 0 heterocycles. The van der Waals surface area contributed by atoms with Gasteiger partial charge in [0.1, 0.15) is 11.3 Å². The van der Waals surface area contributed by atoms with E-state index in [9.17, 15) is 14.9 Å². The normalized spacial score (nSPS) is 14.1. The summed E-state index contributed by atoms with van der Waals surface area (Å²) in [6.07, 6.45) is 3.96. The van der Waals surface area contributed by atoms with Crippen LogP contribution in [0.25, 0.3) is 0 Å². The number of nitro benzene ring substituents is 1. The van der Waals surface area contributed by atoms with Crippen LogP contribution in [0.1, 0.15) is 43.0 Å². The first-order valence-corrected chi connectivity index (χ1v) is 6.83. The SMILES string of the molecule is CCCCN(c1cccc(C(=O)O)c1[N+](=O)[O-])C1CC1. The van der Waals surface area contributed by atoms with Crippen LogP contribution in [0.3, 0.4) is 0 Å². The van der Waals surface area contributed by atoms with E-state index >= 15 is 0 Å². The third kappa shape index (κ3) is 2.89. The lowest BCUT2D eigenvalue weighted by atomic mass is 10.1. The van der Waals surface area contributed by atoms with Crippen molar-refractivity contribution in [2.24, 2.45) is 0 Å². The van der Waals surface area contributed by atoms with Crippen LogP contribution < -0.4 is 4.90 Å². The van der Waals surface area contributed by atoms with Gasteiger partial charge < -0.3 is 10.0 Å². The standard InChI is InChI=1S/C14H18N2O4/c1-2-3-9-15(10-7-8-10)12-6-4-5-11(14(17)18)13(12)16(19)20/h4-6,10H,2-3,7-9H2,1H3,(H,17,18). The van der Waals surface area contributed by atoms with Crippen molar-refractivity contribution >= 4 is 17.3 Å². The van der Waals surface area contributed by atoms with Crippen LogP contribution in [0.4, 0.5) is 11.4 Å². The van der Waals surface area contributed by atoms with Crippen LogP contribution in [-0.2, 0) is 0 Å². The maximum absolute atomic E-state index is 11.3. The predicted octanol–water partition coefficient (Wildman–Crippen LogP) is 3.06. The Balaban J connectivity index is 2.45. The highest BCUT2D eigenvalue weighted by atomic mass is 16.6. The smallest absolute Gasteiger partial charge is 0.342 e. The van der Waals surface area contributed by atoms with Gasteiger partial charge in [0, 0.05) is 12.6 Å². The summed E-state index contributed by atoms with van der Waals surface area (Å²) in [7, 11) is 0. The molecule has 6 heteroatoms.